The minimum Gasteiger partial charge on any atom is -0.489 e. The van der Waals surface area contributed by atoms with Gasteiger partial charge in [-0.3, -0.25) is 4.55 Å². The van der Waals surface area contributed by atoms with E-state index in [0.29, 0.717) is 29.3 Å². The molecule has 0 aliphatic heterocycles. The van der Waals surface area contributed by atoms with Gasteiger partial charge in [-0.1, -0.05) is 17.7 Å². The number of hydrogen-bond acceptors (Lipinski definition) is 8. The number of hydrogen-bond donors (Lipinski definition) is 4. The van der Waals surface area contributed by atoms with Gasteiger partial charge in [-0.25, -0.2) is 4.39 Å². The van der Waals surface area contributed by atoms with Gasteiger partial charge in [0.1, 0.15) is 17.9 Å². The summed E-state index contributed by atoms with van der Waals surface area (Å²) in [6, 6.07) is 12.0. The Kier molecular flexibility index (Phi) is 9.21. The van der Waals surface area contributed by atoms with Crippen molar-refractivity contribution in [2.24, 2.45) is 5.73 Å². The van der Waals surface area contributed by atoms with Gasteiger partial charge in [0, 0.05) is 24.2 Å². The highest BCUT2D eigenvalue weighted by Crippen LogP contribution is 2.27. The largest absolute Gasteiger partial charge is 0.489 e. The average Bonchev–Trinajstić information content (AvgIpc) is 3.23. The number of halogens is 1. The molecule has 1 saturated carbocycles. The Labute approximate surface area is 203 Å². The Morgan fingerprint density at radius 2 is 1.91 bits per heavy atom. The van der Waals surface area contributed by atoms with Crippen LogP contribution in [0.2, 0.25) is 0 Å². The Morgan fingerprint density at radius 3 is 2.51 bits per heavy atom. The molecule has 1 heterocycles. The zero-order valence-electron chi connectivity index (χ0n) is 19.4. The number of aliphatic hydroxyl groups excluding tert-OH is 1. The van der Waals surface area contributed by atoms with Crippen LogP contribution in [0.5, 0.6) is 5.75 Å². The third kappa shape index (κ3) is 8.03. The molecule has 190 valence electrons. The van der Waals surface area contributed by atoms with Crippen LogP contribution in [-0.2, 0) is 10.1 Å². The fourth-order valence-electron chi connectivity index (χ4n) is 3.47. The minimum absolute atomic E-state index is 0.0666. The van der Waals surface area contributed by atoms with Crippen molar-refractivity contribution in [3.8, 4) is 5.75 Å². The molecule has 35 heavy (non-hydrogen) atoms. The number of rotatable bonds is 7. The number of nitrogens with one attached hydrogen (secondary N) is 1. The molecule has 1 fully saturated rings. The second-order valence-corrected chi connectivity index (χ2v) is 9.77. The van der Waals surface area contributed by atoms with Crippen molar-refractivity contribution in [1.82, 2.24) is 4.98 Å². The van der Waals surface area contributed by atoms with Crippen LogP contribution < -0.4 is 15.8 Å². The summed E-state index contributed by atoms with van der Waals surface area (Å²) in [5, 5.41) is 12.8. The summed E-state index contributed by atoms with van der Waals surface area (Å²) < 4.78 is 53.3. The summed E-state index contributed by atoms with van der Waals surface area (Å²) in [6.07, 6.45) is 3.65. The lowest BCUT2D eigenvalue weighted by Gasteiger charge is -2.25. The Balaban J connectivity index is 0.000000261. The highest BCUT2D eigenvalue weighted by Gasteiger charge is 2.20. The van der Waals surface area contributed by atoms with Crippen LogP contribution in [0.3, 0.4) is 0 Å². The zero-order valence-corrected chi connectivity index (χ0v) is 20.2. The van der Waals surface area contributed by atoms with E-state index in [2.05, 4.69) is 10.3 Å². The van der Waals surface area contributed by atoms with Crippen molar-refractivity contribution < 1.29 is 31.6 Å². The summed E-state index contributed by atoms with van der Waals surface area (Å²) in [5.41, 5.74) is 8.06. The van der Waals surface area contributed by atoms with Crippen molar-refractivity contribution in [1.29, 1.82) is 0 Å². The number of benzene rings is 2. The van der Waals surface area contributed by atoms with Crippen LogP contribution in [0.25, 0.3) is 11.1 Å². The summed E-state index contributed by atoms with van der Waals surface area (Å²) >= 11 is 0. The summed E-state index contributed by atoms with van der Waals surface area (Å²) in [6.45, 7) is 2.06. The number of aliphatic hydroxyl groups is 1. The van der Waals surface area contributed by atoms with Gasteiger partial charge in [0.25, 0.3) is 16.1 Å². The number of anilines is 1. The van der Waals surface area contributed by atoms with Crippen LogP contribution in [0, 0.1) is 6.92 Å². The highest BCUT2D eigenvalue weighted by atomic mass is 32.2. The molecule has 11 heteroatoms. The lowest BCUT2D eigenvalue weighted by molar-refractivity contribution is 0.125. The third-order valence-electron chi connectivity index (χ3n) is 5.54. The molecule has 0 spiro atoms. The van der Waals surface area contributed by atoms with E-state index in [9.17, 15) is 17.9 Å². The van der Waals surface area contributed by atoms with E-state index in [-0.39, 0.29) is 30.2 Å². The fraction of sp³-hybridized carbons (Fsp3) is 0.375. The second kappa shape index (κ2) is 12.1. The van der Waals surface area contributed by atoms with Gasteiger partial charge in [-0.05, 0) is 56.9 Å². The van der Waals surface area contributed by atoms with Gasteiger partial charge < -0.3 is 25.3 Å². The molecule has 1 aliphatic rings. The first-order valence-electron chi connectivity index (χ1n) is 11.2. The average molecular weight is 508 g/mol. The summed E-state index contributed by atoms with van der Waals surface area (Å²) in [4.78, 5) is 4.34. The van der Waals surface area contributed by atoms with Crippen molar-refractivity contribution in [2.75, 3.05) is 18.5 Å². The van der Waals surface area contributed by atoms with Gasteiger partial charge in [0.2, 0.25) is 0 Å². The molecule has 3 aromatic rings. The normalized spacial score (nSPS) is 18.6. The van der Waals surface area contributed by atoms with Crippen LogP contribution in [-0.4, -0.2) is 48.4 Å². The van der Waals surface area contributed by atoms with E-state index in [1.54, 1.807) is 30.3 Å². The number of fused-ring (bicyclic) bond motifs is 1. The zero-order chi connectivity index (χ0) is 25.4. The predicted molar refractivity (Wildman–Crippen MR) is 131 cm³/mol. The Morgan fingerprint density at radius 1 is 1.23 bits per heavy atom. The molecule has 4 rings (SSSR count). The summed E-state index contributed by atoms with van der Waals surface area (Å²) in [5.74, 6) is 0.568. The molecule has 0 atom stereocenters. The van der Waals surface area contributed by atoms with E-state index in [1.807, 2.05) is 6.92 Å². The van der Waals surface area contributed by atoms with E-state index in [1.165, 1.54) is 12.1 Å². The van der Waals surface area contributed by atoms with Crippen molar-refractivity contribution in [3.63, 3.8) is 0 Å². The molecular weight excluding hydrogens is 477 g/mol. The lowest BCUT2D eigenvalue weighted by Crippen LogP contribution is -2.28. The molecular formula is C24H30FN3O6S. The quantitative estimate of drug-likeness (QED) is 0.349. The second-order valence-electron chi connectivity index (χ2n) is 8.35. The van der Waals surface area contributed by atoms with Gasteiger partial charge in [-0.2, -0.15) is 13.4 Å². The van der Waals surface area contributed by atoms with Crippen LogP contribution >= 0.6 is 0 Å². The molecule has 0 unspecified atom stereocenters. The third-order valence-corrected chi connectivity index (χ3v) is 6.41. The smallest absolute Gasteiger partial charge is 0.295 e. The molecule has 0 saturated heterocycles. The minimum atomic E-state index is -4.02. The number of nitrogens with two attached hydrogens (primary N) is 1. The van der Waals surface area contributed by atoms with E-state index in [0.717, 1.165) is 36.8 Å². The van der Waals surface area contributed by atoms with Gasteiger partial charge in [0.15, 0.2) is 5.58 Å². The van der Waals surface area contributed by atoms with Crippen LogP contribution in [0.15, 0.2) is 63.7 Å². The van der Waals surface area contributed by atoms with Crippen molar-refractivity contribution in [3.05, 3.63) is 59.9 Å². The first-order valence-corrected chi connectivity index (χ1v) is 12.6. The first kappa shape index (κ1) is 26.6. The molecule has 9 nitrogen and oxygen atoms in total. The fourth-order valence-corrected chi connectivity index (χ4v) is 3.95. The summed E-state index contributed by atoms with van der Waals surface area (Å²) in [7, 11) is -4.02. The Hall–Kier alpha value is -2.99. The molecule has 0 amide bonds. The van der Waals surface area contributed by atoms with Crippen molar-refractivity contribution >= 4 is 27.2 Å². The molecule has 0 bridgehead atoms. The topological polar surface area (TPSA) is 148 Å². The van der Waals surface area contributed by atoms with Crippen LogP contribution in [0.4, 0.5) is 10.4 Å². The van der Waals surface area contributed by atoms with Crippen LogP contribution in [0.1, 0.15) is 31.2 Å². The van der Waals surface area contributed by atoms with Gasteiger partial charge >= 0.3 is 0 Å². The Bertz CT molecular complexity index is 1240. The van der Waals surface area contributed by atoms with E-state index < -0.39 is 10.1 Å². The maximum absolute atomic E-state index is 12.5. The lowest BCUT2D eigenvalue weighted by atomic mass is 9.93. The molecule has 1 aliphatic carbocycles. The highest BCUT2D eigenvalue weighted by molar-refractivity contribution is 7.85. The SMILES string of the molecule is Cc1ccc(S(=O)(=O)O)cc1.NCC(=CF)COc1ccc2nc(NC3CCC(O)CC3)oc2c1. The number of ether oxygens (including phenoxy) is 1. The van der Waals surface area contributed by atoms with Crippen molar-refractivity contribution in [2.45, 2.75) is 49.6 Å². The first-order chi connectivity index (χ1) is 16.7. The number of aromatic nitrogens is 1. The molecule has 1 aromatic heterocycles. The molecule has 5 N–H and O–H groups in total. The number of nitrogens with zero attached hydrogens (tertiary/aromatic N) is 1. The monoisotopic (exact) mass is 507 g/mol. The van der Waals surface area contributed by atoms with E-state index in [4.69, 9.17) is 19.4 Å². The standard InChI is InChI=1S/C17H22FN3O3.C7H8O3S/c18-8-11(9-19)10-23-14-5-6-15-16(7-14)24-17(21-15)20-12-1-3-13(22)4-2-12;1-6-2-4-7(5-3-6)11(8,9)10/h5-8,12-13,22H,1-4,9-10,19H2,(H,20,21);2-5H,1H3,(H,8,9,10). The van der Waals surface area contributed by atoms with Gasteiger partial charge in [-0.15, -0.1) is 0 Å². The van der Waals surface area contributed by atoms with Gasteiger partial charge in [0.05, 0.1) is 17.3 Å². The molecule has 2 aromatic carbocycles. The maximum atomic E-state index is 12.5. The number of aryl methyl sites for hydroxylation is 1. The maximum Gasteiger partial charge on any atom is 0.295 e. The number of oxazole rings is 1. The van der Waals surface area contributed by atoms with E-state index >= 15 is 0 Å². The predicted octanol–water partition coefficient (Wildman–Crippen LogP) is 3.98. The molecule has 0 radical (unpaired) electrons.